The molecule has 1 aliphatic heterocycles. The average Bonchev–Trinajstić information content (AvgIpc) is 3.08. The fourth-order valence-corrected chi connectivity index (χ4v) is 2.28. The predicted molar refractivity (Wildman–Crippen MR) is 76.6 cm³/mol. The second kappa shape index (κ2) is 5.91. The highest BCUT2D eigenvalue weighted by Gasteiger charge is 2.35. The Morgan fingerprint density at radius 3 is 3.00 bits per heavy atom. The second-order valence-electron chi connectivity index (χ2n) is 5.26. The summed E-state index contributed by atoms with van der Waals surface area (Å²) in [5.74, 6) is 0.356. The van der Waals surface area contributed by atoms with E-state index in [0.29, 0.717) is 23.4 Å². The van der Waals surface area contributed by atoms with Gasteiger partial charge >= 0.3 is 0 Å². The minimum Gasteiger partial charge on any atom is -0.394 e. The van der Waals surface area contributed by atoms with E-state index in [0.717, 1.165) is 0 Å². The minimum absolute atomic E-state index is 0.240. The second-order valence-corrected chi connectivity index (χ2v) is 5.26. The monoisotopic (exact) mass is 307 g/mol. The lowest BCUT2D eigenvalue weighted by Crippen LogP contribution is -2.24. The molecule has 1 aliphatic rings. The molecule has 0 radical (unpaired) electrons. The van der Waals surface area contributed by atoms with Crippen LogP contribution in [0.5, 0.6) is 0 Å². The van der Waals surface area contributed by atoms with Crippen molar-refractivity contribution in [3.63, 3.8) is 0 Å². The van der Waals surface area contributed by atoms with E-state index in [1.807, 2.05) is 14.1 Å². The van der Waals surface area contributed by atoms with Crippen molar-refractivity contribution in [1.29, 1.82) is 0 Å². The first-order valence-corrected chi connectivity index (χ1v) is 6.81. The van der Waals surface area contributed by atoms with Crippen LogP contribution in [0.1, 0.15) is 12.6 Å². The molecule has 3 rings (SSSR count). The Labute approximate surface area is 126 Å². The molecule has 2 N–H and O–H groups in total. The summed E-state index contributed by atoms with van der Waals surface area (Å²) in [4.78, 5) is 10.2. The Bertz CT molecular complexity index is 686. The fraction of sp³-hybridized carbons (Fsp3) is 0.583. The Morgan fingerprint density at radius 1 is 1.50 bits per heavy atom. The maximum atomic E-state index is 9.83. The molecule has 2 aromatic rings. The number of aliphatic hydroxyl groups excluding tert-OH is 2. The maximum Gasteiger partial charge on any atom is 0.207 e. The molecule has 0 aliphatic carbocycles. The summed E-state index contributed by atoms with van der Waals surface area (Å²) in [6.07, 6.45) is 1.70. The zero-order valence-electron chi connectivity index (χ0n) is 12.2. The van der Waals surface area contributed by atoms with E-state index in [2.05, 4.69) is 25.4 Å². The van der Waals surface area contributed by atoms with Crippen LogP contribution < -0.4 is 0 Å². The molecule has 2 aromatic heterocycles. The molecular weight excluding hydrogens is 290 g/mol. The zero-order chi connectivity index (χ0) is 15.7. The highest BCUT2D eigenvalue weighted by molar-refractivity contribution is 5.82. The van der Waals surface area contributed by atoms with Gasteiger partial charge in [-0.05, 0) is 5.21 Å². The summed E-state index contributed by atoms with van der Waals surface area (Å²) in [5, 5.41) is 30.5. The molecule has 3 atom stereocenters. The van der Waals surface area contributed by atoms with Gasteiger partial charge in [-0.15, -0.1) is 10.2 Å². The van der Waals surface area contributed by atoms with E-state index in [4.69, 9.17) is 9.84 Å². The Balaban J connectivity index is 1.95. The van der Waals surface area contributed by atoms with Crippen molar-refractivity contribution in [3.05, 3.63) is 6.33 Å². The van der Waals surface area contributed by atoms with Gasteiger partial charge in [0.1, 0.15) is 12.3 Å². The van der Waals surface area contributed by atoms with Crippen molar-refractivity contribution < 1.29 is 14.9 Å². The molecule has 3 heterocycles. The van der Waals surface area contributed by atoms with Crippen molar-refractivity contribution >= 4 is 23.3 Å². The molecule has 0 saturated carbocycles. The third-order valence-electron chi connectivity index (χ3n) is 3.36. The smallest absolute Gasteiger partial charge is 0.207 e. The molecule has 10 nitrogen and oxygen atoms in total. The number of aliphatic hydroxyl groups is 2. The lowest BCUT2D eigenvalue weighted by atomic mass is 10.2. The molecule has 1 fully saturated rings. The van der Waals surface area contributed by atoms with Gasteiger partial charge < -0.3 is 19.8 Å². The topological polar surface area (TPSA) is 122 Å². The van der Waals surface area contributed by atoms with Crippen LogP contribution in [0.3, 0.4) is 0 Å². The fourth-order valence-electron chi connectivity index (χ4n) is 2.28. The highest BCUT2D eigenvalue weighted by atomic mass is 16.5. The van der Waals surface area contributed by atoms with Gasteiger partial charge in [-0.1, -0.05) is 0 Å². The van der Waals surface area contributed by atoms with Crippen molar-refractivity contribution in [2.45, 2.75) is 24.9 Å². The third-order valence-corrected chi connectivity index (χ3v) is 3.36. The molecule has 118 valence electrons. The van der Waals surface area contributed by atoms with E-state index < -0.39 is 18.4 Å². The van der Waals surface area contributed by atoms with E-state index in [-0.39, 0.29) is 6.61 Å². The zero-order valence-corrected chi connectivity index (χ0v) is 12.2. The van der Waals surface area contributed by atoms with Crippen LogP contribution in [0, 0.1) is 0 Å². The number of hydrogen-bond donors (Lipinski definition) is 2. The van der Waals surface area contributed by atoms with Crippen molar-refractivity contribution in [2.24, 2.45) is 4.99 Å². The molecule has 22 heavy (non-hydrogen) atoms. The summed E-state index contributed by atoms with van der Waals surface area (Å²) in [5.41, 5.74) is 0.968. The number of hydrogen-bond acceptors (Lipinski definition) is 8. The quantitative estimate of drug-likeness (QED) is 0.549. The first-order chi connectivity index (χ1) is 10.6. The van der Waals surface area contributed by atoms with E-state index in [1.54, 1.807) is 22.1 Å². The maximum absolute atomic E-state index is 9.83. The summed E-state index contributed by atoms with van der Waals surface area (Å²) in [6.45, 7) is -0.240. The molecule has 0 bridgehead atoms. The van der Waals surface area contributed by atoms with Gasteiger partial charge in [0.25, 0.3) is 0 Å². The number of aromatic nitrogens is 5. The van der Waals surface area contributed by atoms with Gasteiger partial charge in [0.2, 0.25) is 5.82 Å². The average molecular weight is 307 g/mol. The molecular formula is C12H17N7O3. The highest BCUT2D eigenvalue weighted by Crippen LogP contribution is 2.31. The van der Waals surface area contributed by atoms with Crippen molar-refractivity contribution in [3.8, 4) is 0 Å². The van der Waals surface area contributed by atoms with Crippen LogP contribution in [0.25, 0.3) is 11.2 Å². The summed E-state index contributed by atoms with van der Waals surface area (Å²) < 4.78 is 7.27. The lowest BCUT2D eigenvalue weighted by molar-refractivity contribution is -0.0432. The van der Waals surface area contributed by atoms with Crippen molar-refractivity contribution in [2.75, 3.05) is 20.7 Å². The molecule has 10 heteroatoms. The van der Waals surface area contributed by atoms with Crippen LogP contribution in [-0.4, -0.2) is 79.3 Å². The first-order valence-electron chi connectivity index (χ1n) is 6.81. The van der Waals surface area contributed by atoms with Gasteiger partial charge in [-0.3, -0.25) is 4.57 Å². The summed E-state index contributed by atoms with van der Waals surface area (Å²) in [7, 11) is 3.69. The molecule has 0 unspecified atom stereocenters. The molecule has 0 spiro atoms. The van der Waals surface area contributed by atoms with Crippen LogP contribution in [0.2, 0.25) is 0 Å². The number of fused-ring (bicyclic) bond motifs is 1. The van der Waals surface area contributed by atoms with Gasteiger partial charge in [0.05, 0.1) is 25.4 Å². The van der Waals surface area contributed by atoms with Gasteiger partial charge in [-0.2, -0.15) is 0 Å². The Kier molecular flexibility index (Phi) is 3.96. The van der Waals surface area contributed by atoms with Crippen LogP contribution in [0.15, 0.2) is 11.3 Å². The standard InChI is InChI=1S/C12H17N7O3/c1-18(2)5-14-11-10-12(16-17-15-11)19(6-13-10)9-3-7(21)8(4-20)22-9/h5-9,20-21H,3-4H2,1-2H3/t7-,8+,9-/m0/s1. The lowest BCUT2D eigenvalue weighted by Gasteiger charge is -2.13. The molecule has 0 aromatic carbocycles. The van der Waals surface area contributed by atoms with Crippen LogP contribution in [0.4, 0.5) is 5.82 Å². The Morgan fingerprint density at radius 2 is 2.32 bits per heavy atom. The molecule has 0 amide bonds. The number of nitrogens with zero attached hydrogens (tertiary/aromatic N) is 7. The summed E-state index contributed by atoms with van der Waals surface area (Å²) in [6, 6.07) is 0. The van der Waals surface area contributed by atoms with Crippen LogP contribution >= 0.6 is 0 Å². The SMILES string of the molecule is CN(C)C=Nc1nnnc2c1ncn2[C@@H]1C[C@H](O)[C@@H](CO)O1. The number of imidazole rings is 1. The first kappa shape index (κ1) is 14.8. The predicted octanol–water partition coefficient (Wildman–Crippen LogP) is -0.917. The van der Waals surface area contributed by atoms with Gasteiger partial charge in [0.15, 0.2) is 11.2 Å². The number of ether oxygens (including phenoxy) is 1. The number of aliphatic imine (C=N–C) groups is 1. The van der Waals surface area contributed by atoms with E-state index in [1.165, 1.54) is 0 Å². The number of rotatable bonds is 4. The van der Waals surface area contributed by atoms with E-state index in [9.17, 15) is 5.11 Å². The normalized spacial score (nSPS) is 25.4. The van der Waals surface area contributed by atoms with Crippen LogP contribution in [-0.2, 0) is 4.74 Å². The van der Waals surface area contributed by atoms with Gasteiger partial charge in [-0.25, -0.2) is 9.98 Å². The largest absolute Gasteiger partial charge is 0.394 e. The minimum atomic E-state index is -0.728. The van der Waals surface area contributed by atoms with Gasteiger partial charge in [0, 0.05) is 20.5 Å². The van der Waals surface area contributed by atoms with E-state index >= 15 is 0 Å². The third kappa shape index (κ3) is 2.63. The molecule has 1 saturated heterocycles. The Hall–Kier alpha value is -2.17. The van der Waals surface area contributed by atoms with Crippen molar-refractivity contribution in [1.82, 2.24) is 29.9 Å². The summed E-state index contributed by atoms with van der Waals surface area (Å²) >= 11 is 0.